The van der Waals surface area contributed by atoms with Gasteiger partial charge in [0, 0.05) is 37.3 Å². The third kappa shape index (κ3) is 5.17. The maximum Gasteiger partial charge on any atom is 0.229 e. The maximum atomic E-state index is 9.74. The Hall–Kier alpha value is -3.01. The second-order valence-corrected chi connectivity index (χ2v) is 8.86. The fraction of sp³-hybridized carbons (Fsp3) is 0.500. The molecule has 2 aromatic heterocycles. The fourth-order valence-electron chi connectivity index (χ4n) is 4.70. The molecule has 0 saturated carbocycles. The molecule has 9 nitrogen and oxygen atoms in total. The van der Waals surface area contributed by atoms with Crippen LogP contribution in [0.5, 0.6) is 5.75 Å². The van der Waals surface area contributed by atoms with Crippen LogP contribution in [0.2, 0.25) is 0 Å². The molecule has 2 fully saturated rings. The van der Waals surface area contributed by atoms with Gasteiger partial charge in [-0.05, 0) is 44.2 Å². The molecule has 2 atom stereocenters. The number of nitrogens with zero attached hydrogens (tertiary/aromatic N) is 5. The predicted octanol–water partition coefficient (Wildman–Crippen LogP) is 3.28. The summed E-state index contributed by atoms with van der Waals surface area (Å²) in [5.41, 5.74) is 3.05. The molecule has 0 radical (unpaired) electrons. The van der Waals surface area contributed by atoms with Crippen LogP contribution in [0.4, 0.5) is 11.8 Å². The number of hydrogen-bond donors (Lipinski definition) is 1. The van der Waals surface area contributed by atoms with Gasteiger partial charge in [-0.2, -0.15) is 9.97 Å². The van der Waals surface area contributed by atoms with Crippen LogP contribution < -0.4 is 14.5 Å². The van der Waals surface area contributed by atoms with Crippen LogP contribution >= 0.6 is 0 Å². The Balaban J connectivity index is 0.00000289. The number of hydrogen-bond acceptors (Lipinski definition) is 9. The van der Waals surface area contributed by atoms with E-state index in [2.05, 4.69) is 23.6 Å². The van der Waals surface area contributed by atoms with E-state index in [1.807, 2.05) is 30.3 Å². The van der Waals surface area contributed by atoms with Gasteiger partial charge in [0.25, 0.3) is 0 Å². The number of methoxy groups -OCH3 is 1. The van der Waals surface area contributed by atoms with Crippen molar-refractivity contribution in [3.05, 3.63) is 35.9 Å². The molecule has 0 amide bonds. The van der Waals surface area contributed by atoms with Gasteiger partial charge in [-0.25, -0.2) is 4.98 Å². The molecule has 0 spiro atoms. The highest BCUT2D eigenvalue weighted by Crippen LogP contribution is 2.31. The number of benzene rings is 1. The molecule has 4 heterocycles. The topological polar surface area (TPSA) is 93.1 Å². The number of morpholine rings is 2. The van der Waals surface area contributed by atoms with Crippen LogP contribution in [0, 0.1) is 0 Å². The van der Waals surface area contributed by atoms with E-state index in [9.17, 15) is 5.11 Å². The summed E-state index contributed by atoms with van der Waals surface area (Å²) in [6.07, 6.45) is 0.204. The Morgan fingerprint density at radius 3 is 2.43 bits per heavy atom. The lowest BCUT2D eigenvalue weighted by molar-refractivity contribution is -0.00570. The van der Waals surface area contributed by atoms with Crippen LogP contribution in [-0.2, 0) is 16.1 Å². The van der Waals surface area contributed by atoms with Gasteiger partial charge in [-0.3, -0.25) is 0 Å². The van der Waals surface area contributed by atoms with Crippen LogP contribution in [-0.4, -0.2) is 78.8 Å². The Bertz CT molecular complexity index is 1160. The van der Waals surface area contributed by atoms with Crippen molar-refractivity contribution in [3.63, 3.8) is 0 Å². The average molecular weight is 482 g/mol. The van der Waals surface area contributed by atoms with E-state index in [4.69, 9.17) is 29.2 Å². The zero-order valence-electron chi connectivity index (χ0n) is 19.9. The zero-order valence-corrected chi connectivity index (χ0v) is 19.9. The van der Waals surface area contributed by atoms with Crippen molar-refractivity contribution in [2.45, 2.75) is 40.1 Å². The van der Waals surface area contributed by atoms with Gasteiger partial charge >= 0.3 is 0 Å². The molecule has 0 aliphatic carbocycles. The smallest absolute Gasteiger partial charge is 0.229 e. The predicted molar refractivity (Wildman–Crippen MR) is 137 cm³/mol. The van der Waals surface area contributed by atoms with E-state index >= 15 is 0 Å². The first-order chi connectivity index (χ1) is 16.6. The Morgan fingerprint density at radius 1 is 1.00 bits per heavy atom. The SMILES string of the molecule is C.COc1ccc(-c2ccc3c(N4CCOCC4)nc(N4C[C@@H](C)O[C@@H](C)C4)nc3n2)cc1CO. The van der Waals surface area contributed by atoms with E-state index in [1.54, 1.807) is 7.11 Å². The highest BCUT2D eigenvalue weighted by atomic mass is 16.5. The summed E-state index contributed by atoms with van der Waals surface area (Å²) >= 11 is 0. The number of fused-ring (bicyclic) bond motifs is 1. The summed E-state index contributed by atoms with van der Waals surface area (Å²) < 4.78 is 16.8. The summed E-state index contributed by atoms with van der Waals surface area (Å²) in [5, 5.41) is 10.7. The molecule has 3 aromatic rings. The largest absolute Gasteiger partial charge is 0.496 e. The first-order valence-electron chi connectivity index (χ1n) is 11.8. The summed E-state index contributed by atoms with van der Waals surface area (Å²) in [5.74, 6) is 2.22. The molecule has 1 aromatic carbocycles. The molecule has 1 N–H and O–H groups in total. The molecule has 9 heteroatoms. The fourth-order valence-corrected chi connectivity index (χ4v) is 4.70. The molecular weight excluding hydrogens is 446 g/mol. The van der Waals surface area contributed by atoms with Gasteiger partial charge in [0.1, 0.15) is 11.6 Å². The maximum absolute atomic E-state index is 9.74. The first-order valence-corrected chi connectivity index (χ1v) is 11.8. The summed E-state index contributed by atoms with van der Waals surface area (Å²) in [4.78, 5) is 19.3. The Morgan fingerprint density at radius 2 is 1.74 bits per heavy atom. The number of aromatic nitrogens is 3. The number of anilines is 2. The molecule has 188 valence electrons. The number of aliphatic hydroxyl groups is 1. The van der Waals surface area contributed by atoms with Crippen molar-refractivity contribution in [1.29, 1.82) is 0 Å². The standard InChI is InChI=1S/C25H31N5O4.CH4/c1-16-13-30(14-17(2)34-16)25-27-23-20(24(28-25)29-8-10-33-11-9-29)5-6-21(26-23)18-4-7-22(32-3)19(12-18)15-31;/h4-7,12,16-17,31H,8-11,13-15H2,1-3H3;1H4/t16-,17+;. The second kappa shape index (κ2) is 10.7. The first kappa shape index (κ1) is 25.1. The van der Waals surface area contributed by atoms with Crippen LogP contribution in [0.3, 0.4) is 0 Å². The minimum Gasteiger partial charge on any atom is -0.496 e. The minimum absolute atomic E-state index is 0. The number of aliphatic hydroxyl groups excluding tert-OH is 1. The average Bonchev–Trinajstić information content (AvgIpc) is 2.87. The number of pyridine rings is 1. The quantitative estimate of drug-likeness (QED) is 0.589. The summed E-state index contributed by atoms with van der Waals surface area (Å²) in [7, 11) is 1.60. The van der Waals surface area contributed by atoms with E-state index in [-0.39, 0.29) is 26.2 Å². The highest BCUT2D eigenvalue weighted by Gasteiger charge is 2.26. The summed E-state index contributed by atoms with van der Waals surface area (Å²) in [6.45, 7) is 8.42. The van der Waals surface area contributed by atoms with Gasteiger partial charge in [0.2, 0.25) is 5.95 Å². The molecule has 5 rings (SSSR count). The van der Waals surface area contributed by atoms with Crippen molar-refractivity contribution in [1.82, 2.24) is 15.0 Å². The lowest BCUT2D eigenvalue weighted by Gasteiger charge is -2.36. The van der Waals surface area contributed by atoms with Gasteiger partial charge in [0.05, 0.1) is 50.2 Å². The molecule has 0 bridgehead atoms. The summed E-state index contributed by atoms with van der Waals surface area (Å²) in [6, 6.07) is 9.73. The number of rotatable bonds is 5. The van der Waals surface area contributed by atoms with Crippen molar-refractivity contribution < 1.29 is 19.3 Å². The van der Waals surface area contributed by atoms with Crippen LogP contribution in [0.15, 0.2) is 30.3 Å². The van der Waals surface area contributed by atoms with Gasteiger partial charge in [-0.1, -0.05) is 7.43 Å². The van der Waals surface area contributed by atoms with Gasteiger partial charge < -0.3 is 29.1 Å². The highest BCUT2D eigenvalue weighted by molar-refractivity contribution is 5.90. The van der Waals surface area contributed by atoms with Crippen molar-refractivity contribution in [3.8, 4) is 17.0 Å². The van der Waals surface area contributed by atoms with E-state index in [1.165, 1.54) is 0 Å². The van der Waals surface area contributed by atoms with Crippen molar-refractivity contribution >= 4 is 22.8 Å². The number of ether oxygens (including phenoxy) is 3. The lowest BCUT2D eigenvalue weighted by atomic mass is 10.1. The second-order valence-electron chi connectivity index (χ2n) is 8.86. The Kier molecular flexibility index (Phi) is 7.69. The van der Waals surface area contributed by atoms with E-state index < -0.39 is 0 Å². The van der Waals surface area contributed by atoms with Crippen molar-refractivity contribution in [2.24, 2.45) is 0 Å². The third-order valence-electron chi connectivity index (χ3n) is 6.29. The van der Waals surface area contributed by atoms with E-state index in [0.29, 0.717) is 30.6 Å². The lowest BCUT2D eigenvalue weighted by Crippen LogP contribution is -2.46. The van der Waals surface area contributed by atoms with Crippen molar-refractivity contribution in [2.75, 3.05) is 56.3 Å². The molecule has 2 saturated heterocycles. The monoisotopic (exact) mass is 481 g/mol. The van der Waals surface area contributed by atoms with Crippen LogP contribution in [0.25, 0.3) is 22.3 Å². The normalized spacial score (nSPS) is 20.6. The Labute approximate surface area is 206 Å². The molecule has 2 aliphatic heterocycles. The van der Waals surface area contributed by atoms with Gasteiger partial charge in [-0.15, -0.1) is 0 Å². The molecule has 2 aliphatic rings. The zero-order chi connectivity index (χ0) is 23.7. The molecule has 35 heavy (non-hydrogen) atoms. The third-order valence-corrected chi connectivity index (χ3v) is 6.29. The van der Waals surface area contributed by atoms with E-state index in [0.717, 1.165) is 54.2 Å². The molecular formula is C26H35N5O4. The van der Waals surface area contributed by atoms with Gasteiger partial charge in [0.15, 0.2) is 5.65 Å². The molecule has 0 unspecified atom stereocenters. The minimum atomic E-state index is -0.106. The van der Waals surface area contributed by atoms with Crippen LogP contribution in [0.1, 0.15) is 26.8 Å².